The minimum atomic E-state index is -0.519. The van der Waals surface area contributed by atoms with Crippen LogP contribution in [0, 0.1) is 0 Å². The van der Waals surface area contributed by atoms with Crippen molar-refractivity contribution < 1.29 is 5.11 Å². The molecule has 1 aliphatic carbocycles. The van der Waals surface area contributed by atoms with E-state index in [4.69, 9.17) is 0 Å². The molecule has 0 unspecified atom stereocenters. The lowest BCUT2D eigenvalue weighted by atomic mass is 9.79. The van der Waals surface area contributed by atoms with Gasteiger partial charge >= 0.3 is 0 Å². The fraction of sp³-hybridized carbons (Fsp3) is 0.643. The Hall–Kier alpha value is -0.930. The quantitative estimate of drug-likeness (QED) is 0.836. The second kappa shape index (κ2) is 5.61. The molecular formula is C14H22N2O. The van der Waals surface area contributed by atoms with Crippen molar-refractivity contribution in [3.8, 4) is 0 Å². The van der Waals surface area contributed by atoms with E-state index in [1.54, 1.807) is 6.20 Å². The van der Waals surface area contributed by atoms with Crippen molar-refractivity contribution in [2.75, 3.05) is 6.54 Å². The first-order valence-electron chi connectivity index (χ1n) is 6.56. The monoisotopic (exact) mass is 234 g/mol. The number of hydrogen-bond acceptors (Lipinski definition) is 3. The maximum absolute atomic E-state index is 10.6. The molecule has 17 heavy (non-hydrogen) atoms. The molecule has 1 aromatic rings. The van der Waals surface area contributed by atoms with Crippen LogP contribution in [0.2, 0.25) is 0 Å². The molecule has 0 spiro atoms. The van der Waals surface area contributed by atoms with Gasteiger partial charge in [0.2, 0.25) is 0 Å². The van der Waals surface area contributed by atoms with E-state index < -0.39 is 5.60 Å². The third kappa shape index (κ3) is 3.51. The lowest BCUT2D eigenvalue weighted by molar-refractivity contribution is -0.00300. The summed E-state index contributed by atoms with van der Waals surface area (Å²) in [6.07, 6.45) is 8.29. The Morgan fingerprint density at radius 2 is 2.24 bits per heavy atom. The van der Waals surface area contributed by atoms with Crippen molar-refractivity contribution in [1.82, 2.24) is 10.3 Å². The highest BCUT2D eigenvalue weighted by Gasteiger charge is 2.32. The molecule has 0 atom stereocenters. The molecule has 1 saturated carbocycles. The highest BCUT2D eigenvalue weighted by atomic mass is 16.3. The normalized spacial score (nSPS) is 29.2. The number of aromatic nitrogens is 1. The zero-order valence-corrected chi connectivity index (χ0v) is 10.5. The SMILES string of the molecule is CCNC1CCC(O)(Cc2cccnc2)CC1. The van der Waals surface area contributed by atoms with Crippen molar-refractivity contribution in [3.05, 3.63) is 30.1 Å². The molecule has 0 bridgehead atoms. The molecule has 2 rings (SSSR count). The largest absolute Gasteiger partial charge is 0.390 e. The number of hydrogen-bond donors (Lipinski definition) is 2. The van der Waals surface area contributed by atoms with Crippen LogP contribution in [-0.2, 0) is 6.42 Å². The van der Waals surface area contributed by atoms with Gasteiger partial charge in [-0.1, -0.05) is 13.0 Å². The number of pyridine rings is 1. The summed E-state index contributed by atoms with van der Waals surface area (Å²) in [5, 5.41) is 14.0. The molecule has 1 aromatic heterocycles. The van der Waals surface area contributed by atoms with Crippen LogP contribution in [0.5, 0.6) is 0 Å². The van der Waals surface area contributed by atoms with Gasteiger partial charge in [-0.25, -0.2) is 0 Å². The van der Waals surface area contributed by atoms with Crippen LogP contribution in [0.4, 0.5) is 0 Å². The lowest BCUT2D eigenvalue weighted by Gasteiger charge is -2.36. The van der Waals surface area contributed by atoms with Gasteiger partial charge in [-0.05, 0) is 43.9 Å². The Kier molecular flexibility index (Phi) is 4.13. The fourth-order valence-electron chi connectivity index (χ4n) is 2.71. The summed E-state index contributed by atoms with van der Waals surface area (Å²) >= 11 is 0. The highest BCUT2D eigenvalue weighted by Crippen LogP contribution is 2.31. The summed E-state index contributed by atoms with van der Waals surface area (Å²) in [5.41, 5.74) is 0.617. The van der Waals surface area contributed by atoms with E-state index in [0.717, 1.165) is 44.2 Å². The van der Waals surface area contributed by atoms with E-state index >= 15 is 0 Å². The fourth-order valence-corrected chi connectivity index (χ4v) is 2.71. The van der Waals surface area contributed by atoms with Crippen molar-refractivity contribution in [2.24, 2.45) is 0 Å². The third-order valence-electron chi connectivity index (χ3n) is 3.67. The van der Waals surface area contributed by atoms with Gasteiger partial charge in [0, 0.05) is 24.9 Å². The predicted octanol–water partition coefficient (Wildman–Crippen LogP) is 1.91. The Balaban J connectivity index is 1.89. The van der Waals surface area contributed by atoms with Crippen molar-refractivity contribution in [3.63, 3.8) is 0 Å². The van der Waals surface area contributed by atoms with Crippen molar-refractivity contribution >= 4 is 0 Å². The van der Waals surface area contributed by atoms with E-state index in [2.05, 4.69) is 17.2 Å². The van der Waals surface area contributed by atoms with Crippen LogP contribution in [0.1, 0.15) is 38.2 Å². The standard InChI is InChI=1S/C14H22N2O/c1-2-16-13-5-7-14(17,8-6-13)10-12-4-3-9-15-11-12/h3-4,9,11,13,16-17H,2,5-8,10H2,1H3. The van der Waals surface area contributed by atoms with Crippen LogP contribution in [0.25, 0.3) is 0 Å². The molecule has 1 heterocycles. The second-order valence-corrected chi connectivity index (χ2v) is 5.09. The first kappa shape index (κ1) is 12.5. The Morgan fingerprint density at radius 1 is 1.47 bits per heavy atom. The molecule has 2 N–H and O–H groups in total. The van der Waals surface area contributed by atoms with Gasteiger partial charge in [0.05, 0.1) is 5.60 Å². The Morgan fingerprint density at radius 3 is 2.82 bits per heavy atom. The molecule has 94 valence electrons. The first-order chi connectivity index (χ1) is 8.22. The predicted molar refractivity (Wildman–Crippen MR) is 68.8 cm³/mol. The zero-order valence-electron chi connectivity index (χ0n) is 10.5. The van der Waals surface area contributed by atoms with E-state index in [0.29, 0.717) is 6.04 Å². The summed E-state index contributed by atoms with van der Waals surface area (Å²) < 4.78 is 0. The Bertz CT molecular complexity index is 331. The summed E-state index contributed by atoms with van der Waals surface area (Å²) in [6, 6.07) is 4.57. The molecule has 0 aliphatic heterocycles. The van der Waals surface area contributed by atoms with Crippen molar-refractivity contribution in [2.45, 2.75) is 50.7 Å². The van der Waals surface area contributed by atoms with Crippen LogP contribution >= 0.6 is 0 Å². The van der Waals surface area contributed by atoms with Gasteiger partial charge in [0.25, 0.3) is 0 Å². The van der Waals surface area contributed by atoms with Crippen LogP contribution < -0.4 is 5.32 Å². The van der Waals surface area contributed by atoms with Gasteiger partial charge in [-0.15, -0.1) is 0 Å². The molecule has 1 fully saturated rings. The van der Waals surface area contributed by atoms with E-state index in [1.165, 1.54) is 0 Å². The average Bonchev–Trinajstić information content (AvgIpc) is 2.34. The van der Waals surface area contributed by atoms with Gasteiger partial charge < -0.3 is 10.4 Å². The molecule has 3 heteroatoms. The first-order valence-corrected chi connectivity index (χ1v) is 6.56. The topological polar surface area (TPSA) is 45.1 Å². The number of nitrogens with zero attached hydrogens (tertiary/aromatic N) is 1. The van der Waals surface area contributed by atoms with Crippen LogP contribution in [0.15, 0.2) is 24.5 Å². The molecule has 0 aromatic carbocycles. The molecule has 0 radical (unpaired) electrons. The van der Waals surface area contributed by atoms with E-state index in [9.17, 15) is 5.11 Å². The van der Waals surface area contributed by atoms with Gasteiger partial charge in [0.15, 0.2) is 0 Å². The van der Waals surface area contributed by atoms with Crippen LogP contribution in [-0.4, -0.2) is 28.3 Å². The minimum Gasteiger partial charge on any atom is -0.390 e. The van der Waals surface area contributed by atoms with Gasteiger partial charge in [-0.3, -0.25) is 4.98 Å². The molecule has 0 amide bonds. The van der Waals surface area contributed by atoms with Crippen molar-refractivity contribution in [1.29, 1.82) is 0 Å². The van der Waals surface area contributed by atoms with Crippen LogP contribution in [0.3, 0.4) is 0 Å². The molecule has 0 saturated heterocycles. The molecule has 3 nitrogen and oxygen atoms in total. The zero-order chi connectivity index (χ0) is 12.1. The summed E-state index contributed by atoms with van der Waals surface area (Å²) in [6.45, 7) is 3.15. The number of aliphatic hydroxyl groups is 1. The molecule has 1 aliphatic rings. The average molecular weight is 234 g/mol. The highest BCUT2D eigenvalue weighted by molar-refractivity contribution is 5.12. The van der Waals surface area contributed by atoms with Gasteiger partial charge in [0.1, 0.15) is 0 Å². The number of rotatable bonds is 4. The van der Waals surface area contributed by atoms with E-state index in [1.807, 2.05) is 18.3 Å². The lowest BCUT2D eigenvalue weighted by Crippen LogP contribution is -2.42. The van der Waals surface area contributed by atoms with Gasteiger partial charge in [-0.2, -0.15) is 0 Å². The second-order valence-electron chi connectivity index (χ2n) is 5.09. The minimum absolute atomic E-state index is 0.519. The maximum Gasteiger partial charge on any atom is 0.0689 e. The summed E-state index contributed by atoms with van der Waals surface area (Å²) in [7, 11) is 0. The summed E-state index contributed by atoms with van der Waals surface area (Å²) in [4.78, 5) is 4.10. The smallest absolute Gasteiger partial charge is 0.0689 e. The third-order valence-corrected chi connectivity index (χ3v) is 3.67. The summed E-state index contributed by atoms with van der Waals surface area (Å²) in [5.74, 6) is 0. The Labute approximate surface area is 103 Å². The molecular weight excluding hydrogens is 212 g/mol. The maximum atomic E-state index is 10.6. The van der Waals surface area contributed by atoms with E-state index in [-0.39, 0.29) is 0 Å². The number of nitrogens with one attached hydrogen (secondary N) is 1.